The Balaban J connectivity index is 3.04. The van der Waals surface area contributed by atoms with Gasteiger partial charge in [0.15, 0.2) is 0 Å². The fourth-order valence-electron chi connectivity index (χ4n) is 2.39. The molecular formula is C19H36O2. The monoisotopic (exact) mass is 296 g/mol. The van der Waals surface area contributed by atoms with Crippen molar-refractivity contribution in [2.75, 3.05) is 6.61 Å². The average Bonchev–Trinajstić information content (AvgIpc) is 2.46. The second-order valence-electron chi connectivity index (χ2n) is 5.92. The largest absolute Gasteiger partial charge is 0.466 e. The Morgan fingerprint density at radius 2 is 1.24 bits per heavy atom. The zero-order valence-corrected chi connectivity index (χ0v) is 14.4. The summed E-state index contributed by atoms with van der Waals surface area (Å²) in [4.78, 5) is 10.6. The second kappa shape index (κ2) is 17.3. The van der Waals surface area contributed by atoms with Gasteiger partial charge in [0.2, 0.25) is 0 Å². The molecule has 0 bridgehead atoms. The van der Waals surface area contributed by atoms with E-state index >= 15 is 0 Å². The first kappa shape index (κ1) is 20.2. The lowest BCUT2D eigenvalue weighted by Gasteiger charge is -2.02. The number of carbonyl (C=O) groups excluding carboxylic acids is 1. The van der Waals surface area contributed by atoms with Gasteiger partial charge in [0.05, 0.1) is 6.61 Å². The van der Waals surface area contributed by atoms with E-state index in [1.54, 1.807) is 0 Å². The van der Waals surface area contributed by atoms with Gasteiger partial charge >= 0.3 is 5.97 Å². The highest BCUT2D eigenvalue weighted by molar-refractivity contribution is 5.65. The van der Waals surface area contributed by atoms with Crippen LogP contribution in [-0.2, 0) is 9.53 Å². The van der Waals surface area contributed by atoms with Gasteiger partial charge in [0, 0.05) is 6.92 Å². The minimum Gasteiger partial charge on any atom is -0.466 e. The Kier molecular flexibility index (Phi) is 16.6. The van der Waals surface area contributed by atoms with Gasteiger partial charge in [-0.2, -0.15) is 0 Å². The number of ether oxygens (including phenoxy) is 1. The summed E-state index contributed by atoms with van der Waals surface area (Å²) < 4.78 is 4.91. The summed E-state index contributed by atoms with van der Waals surface area (Å²) in [6, 6.07) is 0. The third-order valence-corrected chi connectivity index (χ3v) is 3.71. The number of esters is 1. The molecule has 0 aromatic carbocycles. The summed E-state index contributed by atoms with van der Waals surface area (Å²) in [6.07, 6.45) is 21.5. The maximum absolute atomic E-state index is 10.6. The lowest BCUT2D eigenvalue weighted by atomic mass is 10.1. The normalized spacial score (nSPS) is 11.1. The van der Waals surface area contributed by atoms with Crippen molar-refractivity contribution in [3.8, 4) is 0 Å². The summed E-state index contributed by atoms with van der Waals surface area (Å²) >= 11 is 0. The van der Waals surface area contributed by atoms with E-state index in [0.717, 1.165) is 6.42 Å². The van der Waals surface area contributed by atoms with Crippen LogP contribution in [0.2, 0.25) is 0 Å². The van der Waals surface area contributed by atoms with Gasteiger partial charge in [-0.05, 0) is 32.1 Å². The van der Waals surface area contributed by atoms with E-state index in [-0.39, 0.29) is 5.97 Å². The Morgan fingerprint density at radius 3 is 1.76 bits per heavy atom. The Morgan fingerprint density at radius 1 is 0.762 bits per heavy atom. The molecule has 0 aliphatic rings. The summed E-state index contributed by atoms with van der Waals surface area (Å²) in [5, 5.41) is 0. The fourth-order valence-corrected chi connectivity index (χ4v) is 2.39. The highest BCUT2D eigenvalue weighted by atomic mass is 16.5. The summed E-state index contributed by atoms with van der Waals surface area (Å²) in [5.74, 6) is -0.158. The summed E-state index contributed by atoms with van der Waals surface area (Å²) in [5.41, 5.74) is 0. The summed E-state index contributed by atoms with van der Waals surface area (Å²) in [6.45, 7) is 4.32. The van der Waals surface area contributed by atoms with Crippen LogP contribution in [-0.4, -0.2) is 12.6 Å². The molecule has 124 valence electrons. The highest BCUT2D eigenvalue weighted by Gasteiger charge is 1.94. The molecule has 0 aromatic rings. The van der Waals surface area contributed by atoms with Gasteiger partial charge in [-0.1, -0.05) is 70.4 Å². The van der Waals surface area contributed by atoms with E-state index < -0.39 is 0 Å². The first-order valence-corrected chi connectivity index (χ1v) is 9.05. The molecule has 2 nitrogen and oxygen atoms in total. The molecule has 0 amide bonds. The minimum absolute atomic E-state index is 0.158. The lowest BCUT2D eigenvalue weighted by Crippen LogP contribution is -2.00. The lowest BCUT2D eigenvalue weighted by molar-refractivity contribution is -0.141. The molecule has 0 radical (unpaired) electrons. The maximum Gasteiger partial charge on any atom is 0.302 e. The molecule has 0 saturated heterocycles. The van der Waals surface area contributed by atoms with Crippen molar-refractivity contribution in [3.05, 3.63) is 12.2 Å². The van der Waals surface area contributed by atoms with E-state index in [1.165, 1.54) is 84.0 Å². The molecule has 0 N–H and O–H groups in total. The predicted octanol–water partition coefficient (Wildman–Crippen LogP) is 6.20. The number of hydrogen-bond donors (Lipinski definition) is 0. The van der Waals surface area contributed by atoms with E-state index in [2.05, 4.69) is 19.1 Å². The Labute approximate surface area is 132 Å². The van der Waals surface area contributed by atoms with Gasteiger partial charge in [-0.3, -0.25) is 4.79 Å². The number of rotatable bonds is 15. The standard InChI is InChI=1S/C19H36O2/c1-3-4-5-6-7-8-9-10-11-12-13-14-15-16-17-18-21-19(2)20/h7-8H,3-6,9-18H2,1-2H3/b8-7-. The van der Waals surface area contributed by atoms with E-state index in [1.807, 2.05) is 0 Å². The van der Waals surface area contributed by atoms with Crippen molar-refractivity contribution < 1.29 is 9.53 Å². The smallest absolute Gasteiger partial charge is 0.302 e. The van der Waals surface area contributed by atoms with Crippen LogP contribution in [0.4, 0.5) is 0 Å². The molecule has 2 heteroatoms. The second-order valence-corrected chi connectivity index (χ2v) is 5.92. The van der Waals surface area contributed by atoms with Crippen molar-refractivity contribution in [3.63, 3.8) is 0 Å². The van der Waals surface area contributed by atoms with Crippen molar-refractivity contribution >= 4 is 5.97 Å². The van der Waals surface area contributed by atoms with E-state index in [9.17, 15) is 4.79 Å². The molecule has 0 aliphatic heterocycles. The number of allylic oxidation sites excluding steroid dienone is 2. The zero-order valence-electron chi connectivity index (χ0n) is 14.4. The van der Waals surface area contributed by atoms with Gasteiger partial charge in [-0.25, -0.2) is 0 Å². The van der Waals surface area contributed by atoms with Gasteiger partial charge in [-0.15, -0.1) is 0 Å². The SMILES string of the molecule is CCCCC/C=C\CCCCCCCCCCOC(C)=O. The average molecular weight is 296 g/mol. The maximum atomic E-state index is 10.6. The van der Waals surface area contributed by atoms with Crippen molar-refractivity contribution in [2.45, 2.75) is 97.3 Å². The Hall–Kier alpha value is -0.790. The summed E-state index contributed by atoms with van der Waals surface area (Å²) in [7, 11) is 0. The molecule has 0 aromatic heterocycles. The minimum atomic E-state index is -0.158. The van der Waals surface area contributed by atoms with Gasteiger partial charge in [0.1, 0.15) is 0 Å². The highest BCUT2D eigenvalue weighted by Crippen LogP contribution is 2.10. The van der Waals surface area contributed by atoms with Gasteiger partial charge < -0.3 is 4.74 Å². The van der Waals surface area contributed by atoms with Crippen molar-refractivity contribution in [2.24, 2.45) is 0 Å². The third kappa shape index (κ3) is 19.2. The molecule has 0 aliphatic carbocycles. The van der Waals surface area contributed by atoms with E-state index in [4.69, 9.17) is 4.74 Å². The molecule has 0 spiro atoms. The quantitative estimate of drug-likeness (QED) is 0.204. The molecule has 0 heterocycles. The van der Waals surface area contributed by atoms with Crippen LogP contribution in [0.3, 0.4) is 0 Å². The first-order chi connectivity index (χ1) is 10.3. The van der Waals surface area contributed by atoms with Crippen LogP contribution in [0.15, 0.2) is 12.2 Å². The fraction of sp³-hybridized carbons (Fsp3) is 0.842. The number of carbonyl (C=O) groups is 1. The number of unbranched alkanes of at least 4 members (excludes halogenated alkanes) is 11. The van der Waals surface area contributed by atoms with Crippen LogP contribution in [0, 0.1) is 0 Å². The molecule has 21 heavy (non-hydrogen) atoms. The molecular weight excluding hydrogens is 260 g/mol. The molecule has 0 rings (SSSR count). The number of hydrogen-bond acceptors (Lipinski definition) is 2. The molecule has 0 fully saturated rings. The first-order valence-electron chi connectivity index (χ1n) is 9.05. The van der Waals surface area contributed by atoms with Crippen LogP contribution in [0.5, 0.6) is 0 Å². The zero-order chi connectivity index (χ0) is 15.6. The van der Waals surface area contributed by atoms with Crippen molar-refractivity contribution in [1.29, 1.82) is 0 Å². The molecule has 0 atom stereocenters. The van der Waals surface area contributed by atoms with Crippen LogP contribution in [0.25, 0.3) is 0 Å². The topological polar surface area (TPSA) is 26.3 Å². The van der Waals surface area contributed by atoms with Crippen molar-refractivity contribution in [1.82, 2.24) is 0 Å². The van der Waals surface area contributed by atoms with Crippen LogP contribution in [0.1, 0.15) is 97.3 Å². The van der Waals surface area contributed by atoms with Gasteiger partial charge in [0.25, 0.3) is 0 Å². The molecule has 0 unspecified atom stereocenters. The van der Waals surface area contributed by atoms with E-state index in [0.29, 0.717) is 6.61 Å². The Bertz CT molecular complexity index is 246. The van der Waals surface area contributed by atoms with Crippen LogP contribution >= 0.6 is 0 Å². The molecule has 0 saturated carbocycles. The van der Waals surface area contributed by atoms with Crippen LogP contribution < -0.4 is 0 Å². The third-order valence-electron chi connectivity index (χ3n) is 3.71. The predicted molar refractivity (Wildman–Crippen MR) is 91.5 cm³/mol.